The summed E-state index contributed by atoms with van der Waals surface area (Å²) in [6.45, 7) is 16.8. The number of nitrogens with zero attached hydrogens (tertiary/aromatic N) is 2. The van der Waals surface area contributed by atoms with Crippen LogP contribution in [0.5, 0.6) is 0 Å². The maximum absolute atomic E-state index is 11.9. The molecule has 1 aliphatic rings. The van der Waals surface area contributed by atoms with Crippen LogP contribution in [0.1, 0.15) is 41.0 Å². The number of carbonyl (C=O) groups excluding carboxylic acids is 1. The first-order chi connectivity index (χ1) is 10.2. The third-order valence-corrected chi connectivity index (χ3v) is 4.42. The summed E-state index contributed by atoms with van der Waals surface area (Å²) in [6, 6.07) is 0. The Labute approximate surface area is 136 Å². The summed E-state index contributed by atoms with van der Waals surface area (Å²) in [6.07, 6.45) is 1.09. The third kappa shape index (κ3) is 5.86. The van der Waals surface area contributed by atoms with E-state index in [9.17, 15) is 4.79 Å². The molecule has 0 saturated carbocycles. The van der Waals surface area contributed by atoms with Gasteiger partial charge >= 0.3 is 0 Å². The van der Waals surface area contributed by atoms with Gasteiger partial charge in [-0.05, 0) is 39.7 Å². The molecule has 0 spiro atoms. The Kier molecular flexibility index (Phi) is 7.29. The number of hydrogen-bond donors (Lipinski definition) is 1. The lowest BCUT2D eigenvalue weighted by Gasteiger charge is -2.47. The summed E-state index contributed by atoms with van der Waals surface area (Å²) < 4.78 is 5.63. The fraction of sp³-hybridized carbons (Fsp3) is 0.941. The molecular formula is C17H35N3O2. The van der Waals surface area contributed by atoms with Gasteiger partial charge in [0.1, 0.15) is 0 Å². The minimum absolute atomic E-state index is 0.124. The largest absolute Gasteiger partial charge is 0.381 e. The molecule has 130 valence electrons. The van der Waals surface area contributed by atoms with Gasteiger partial charge < -0.3 is 15.0 Å². The zero-order chi connectivity index (χ0) is 16.8. The van der Waals surface area contributed by atoms with Crippen LogP contribution in [0.15, 0.2) is 0 Å². The monoisotopic (exact) mass is 313 g/mol. The van der Waals surface area contributed by atoms with Gasteiger partial charge in [0.15, 0.2) is 0 Å². The van der Waals surface area contributed by atoms with Gasteiger partial charge in [-0.15, -0.1) is 0 Å². The molecule has 1 aliphatic heterocycles. The number of amides is 1. The Balaban J connectivity index is 2.52. The van der Waals surface area contributed by atoms with Gasteiger partial charge in [0.05, 0.1) is 13.2 Å². The van der Waals surface area contributed by atoms with Crippen molar-refractivity contribution < 1.29 is 9.53 Å². The van der Waals surface area contributed by atoms with Crippen molar-refractivity contribution in [3.05, 3.63) is 0 Å². The molecule has 0 aliphatic carbocycles. The predicted octanol–water partition coefficient (Wildman–Crippen LogP) is 1.58. The Morgan fingerprint density at radius 3 is 2.23 bits per heavy atom. The SMILES string of the molecule is CCOCC(C)(C)CC(C)(C)N1CCN(C(=O)CNC)CC1. The molecule has 1 saturated heterocycles. The molecule has 0 atom stereocenters. The van der Waals surface area contributed by atoms with E-state index in [1.807, 2.05) is 18.9 Å². The van der Waals surface area contributed by atoms with Gasteiger partial charge in [-0.1, -0.05) is 13.8 Å². The van der Waals surface area contributed by atoms with Crippen molar-refractivity contribution in [3.8, 4) is 0 Å². The van der Waals surface area contributed by atoms with Gasteiger partial charge in [0, 0.05) is 38.3 Å². The first-order valence-corrected chi connectivity index (χ1v) is 8.47. The number of ether oxygens (including phenoxy) is 1. The summed E-state index contributed by atoms with van der Waals surface area (Å²) >= 11 is 0. The minimum Gasteiger partial charge on any atom is -0.381 e. The Hall–Kier alpha value is -0.650. The maximum atomic E-state index is 11.9. The van der Waals surface area contributed by atoms with Crippen LogP contribution in [0.4, 0.5) is 0 Å². The van der Waals surface area contributed by atoms with Crippen LogP contribution >= 0.6 is 0 Å². The van der Waals surface area contributed by atoms with E-state index in [1.165, 1.54) is 0 Å². The smallest absolute Gasteiger partial charge is 0.236 e. The van der Waals surface area contributed by atoms with E-state index in [4.69, 9.17) is 4.74 Å². The van der Waals surface area contributed by atoms with Crippen LogP contribution in [0.25, 0.3) is 0 Å². The highest BCUT2D eigenvalue weighted by Crippen LogP contribution is 2.32. The van der Waals surface area contributed by atoms with E-state index in [-0.39, 0.29) is 16.9 Å². The average molecular weight is 313 g/mol. The zero-order valence-electron chi connectivity index (χ0n) is 15.4. The van der Waals surface area contributed by atoms with Crippen molar-refractivity contribution in [1.29, 1.82) is 0 Å². The zero-order valence-corrected chi connectivity index (χ0v) is 15.4. The second-order valence-corrected chi connectivity index (χ2v) is 7.69. The first kappa shape index (κ1) is 19.4. The molecule has 1 heterocycles. The standard InChI is InChI=1S/C17H35N3O2/c1-7-22-14-16(2,3)13-17(4,5)20-10-8-19(9-11-20)15(21)12-18-6/h18H,7-14H2,1-6H3. The topological polar surface area (TPSA) is 44.8 Å². The van der Waals surface area contributed by atoms with Gasteiger partial charge in [-0.25, -0.2) is 0 Å². The van der Waals surface area contributed by atoms with Gasteiger partial charge in [-0.3, -0.25) is 9.69 Å². The molecule has 0 unspecified atom stereocenters. The van der Waals surface area contributed by atoms with E-state index < -0.39 is 0 Å². The number of nitrogens with one attached hydrogen (secondary N) is 1. The van der Waals surface area contributed by atoms with Crippen molar-refractivity contribution in [1.82, 2.24) is 15.1 Å². The minimum atomic E-state index is 0.124. The van der Waals surface area contributed by atoms with Gasteiger partial charge in [0.2, 0.25) is 5.91 Å². The number of rotatable bonds is 8. The number of piperazine rings is 1. The number of likely N-dealkylation sites (N-methyl/N-ethyl adjacent to an activating group) is 1. The molecule has 0 bridgehead atoms. The lowest BCUT2D eigenvalue weighted by atomic mass is 9.79. The van der Waals surface area contributed by atoms with Crippen molar-refractivity contribution in [2.24, 2.45) is 5.41 Å². The molecule has 0 aromatic heterocycles. The molecule has 0 aromatic rings. The molecule has 5 heteroatoms. The number of carbonyl (C=O) groups is 1. The fourth-order valence-corrected chi connectivity index (χ4v) is 3.54. The molecule has 22 heavy (non-hydrogen) atoms. The van der Waals surface area contributed by atoms with E-state index in [2.05, 4.69) is 37.9 Å². The molecule has 1 fully saturated rings. The summed E-state index contributed by atoms with van der Waals surface area (Å²) in [5.74, 6) is 0.205. The van der Waals surface area contributed by atoms with E-state index in [0.29, 0.717) is 6.54 Å². The van der Waals surface area contributed by atoms with Gasteiger partial charge in [-0.2, -0.15) is 0 Å². The average Bonchev–Trinajstić information content (AvgIpc) is 2.44. The van der Waals surface area contributed by atoms with Crippen LogP contribution in [-0.2, 0) is 9.53 Å². The summed E-state index contributed by atoms with van der Waals surface area (Å²) in [5, 5.41) is 2.94. The van der Waals surface area contributed by atoms with Gasteiger partial charge in [0.25, 0.3) is 0 Å². The second kappa shape index (κ2) is 8.27. The van der Waals surface area contributed by atoms with Crippen LogP contribution in [0.2, 0.25) is 0 Å². The highest BCUT2D eigenvalue weighted by Gasteiger charge is 2.35. The molecule has 0 aromatic carbocycles. The highest BCUT2D eigenvalue weighted by atomic mass is 16.5. The summed E-state index contributed by atoms with van der Waals surface area (Å²) in [7, 11) is 1.82. The molecule has 1 rings (SSSR count). The van der Waals surface area contributed by atoms with Crippen LogP contribution in [0.3, 0.4) is 0 Å². The Morgan fingerprint density at radius 2 is 1.73 bits per heavy atom. The highest BCUT2D eigenvalue weighted by molar-refractivity contribution is 5.78. The Bertz CT molecular complexity index is 348. The second-order valence-electron chi connectivity index (χ2n) is 7.69. The van der Waals surface area contributed by atoms with Crippen molar-refractivity contribution >= 4 is 5.91 Å². The predicted molar refractivity (Wildman–Crippen MR) is 91.0 cm³/mol. The molecule has 1 N–H and O–H groups in total. The van der Waals surface area contributed by atoms with Crippen molar-refractivity contribution in [2.45, 2.75) is 46.6 Å². The van der Waals surface area contributed by atoms with Crippen LogP contribution in [0, 0.1) is 5.41 Å². The number of hydrogen-bond acceptors (Lipinski definition) is 4. The normalized spacial score (nSPS) is 17.8. The third-order valence-electron chi connectivity index (χ3n) is 4.42. The van der Waals surface area contributed by atoms with E-state index in [0.717, 1.165) is 45.8 Å². The van der Waals surface area contributed by atoms with Crippen LogP contribution < -0.4 is 5.32 Å². The lowest BCUT2D eigenvalue weighted by Crippen LogP contribution is -2.57. The fourth-order valence-electron chi connectivity index (χ4n) is 3.54. The Morgan fingerprint density at radius 1 is 1.14 bits per heavy atom. The van der Waals surface area contributed by atoms with Crippen LogP contribution in [-0.4, -0.2) is 74.2 Å². The molecule has 5 nitrogen and oxygen atoms in total. The van der Waals surface area contributed by atoms with Crippen molar-refractivity contribution in [2.75, 3.05) is 53.0 Å². The lowest BCUT2D eigenvalue weighted by molar-refractivity contribution is -0.133. The first-order valence-electron chi connectivity index (χ1n) is 8.47. The molecule has 1 amide bonds. The quantitative estimate of drug-likeness (QED) is 0.739. The van der Waals surface area contributed by atoms with E-state index in [1.54, 1.807) is 0 Å². The summed E-state index contributed by atoms with van der Waals surface area (Å²) in [4.78, 5) is 16.4. The maximum Gasteiger partial charge on any atom is 0.236 e. The summed E-state index contributed by atoms with van der Waals surface area (Å²) in [5.41, 5.74) is 0.289. The van der Waals surface area contributed by atoms with E-state index >= 15 is 0 Å². The van der Waals surface area contributed by atoms with Crippen molar-refractivity contribution in [3.63, 3.8) is 0 Å². The molecule has 0 radical (unpaired) electrons. The molecular weight excluding hydrogens is 278 g/mol.